The number of benzene rings is 7. The zero-order valence-corrected chi connectivity index (χ0v) is 26.4. The highest BCUT2D eigenvalue weighted by molar-refractivity contribution is 8.00. The summed E-state index contributed by atoms with van der Waals surface area (Å²) in [6.45, 7) is 0. The van der Waals surface area contributed by atoms with Gasteiger partial charge < -0.3 is 4.42 Å². The number of hydrogen-bond acceptors (Lipinski definition) is 5. The molecule has 0 spiro atoms. The summed E-state index contributed by atoms with van der Waals surface area (Å²) in [5.41, 5.74) is 9.52. The molecule has 9 aromatic rings. The van der Waals surface area contributed by atoms with Crippen LogP contribution < -0.4 is 0 Å². The molecule has 0 atom stereocenters. The van der Waals surface area contributed by atoms with Gasteiger partial charge in [-0.2, -0.15) is 0 Å². The lowest BCUT2D eigenvalue weighted by atomic mass is 9.91. The Morgan fingerprint density at radius 3 is 1.81 bits per heavy atom. The van der Waals surface area contributed by atoms with Gasteiger partial charge in [-0.15, -0.1) is 0 Å². The van der Waals surface area contributed by atoms with Crippen LogP contribution in [0.2, 0.25) is 0 Å². The highest BCUT2D eigenvalue weighted by atomic mass is 32.2. The SMILES string of the molecule is c1ccc(-c2nc(-c3ccccc3)nc(-c3cccc4c3Sc3ccc(-c5ccc6oc7ccccc7c6c5)c5cccc-4c35)n2)cc1. The summed E-state index contributed by atoms with van der Waals surface area (Å²) in [6, 6.07) is 52.7. The summed E-state index contributed by atoms with van der Waals surface area (Å²) in [5.74, 6) is 1.99. The van der Waals surface area contributed by atoms with Gasteiger partial charge in [-0.05, 0) is 58.0 Å². The molecule has 0 amide bonds. The summed E-state index contributed by atoms with van der Waals surface area (Å²) >= 11 is 1.79. The van der Waals surface area contributed by atoms with Gasteiger partial charge in [0, 0.05) is 42.6 Å². The van der Waals surface area contributed by atoms with Crippen LogP contribution in [0.25, 0.3) is 89.1 Å². The summed E-state index contributed by atoms with van der Waals surface area (Å²) in [6.07, 6.45) is 0. The molecule has 0 saturated carbocycles. The zero-order valence-electron chi connectivity index (χ0n) is 25.6. The van der Waals surface area contributed by atoms with Crippen molar-refractivity contribution in [3.63, 3.8) is 0 Å². The molecule has 5 heteroatoms. The van der Waals surface area contributed by atoms with Crippen LogP contribution in [0.15, 0.2) is 166 Å². The van der Waals surface area contributed by atoms with Crippen molar-refractivity contribution in [1.82, 2.24) is 15.0 Å². The summed E-state index contributed by atoms with van der Waals surface area (Å²) in [4.78, 5) is 17.4. The lowest BCUT2D eigenvalue weighted by Gasteiger charge is -2.23. The number of rotatable bonds is 4. The first kappa shape index (κ1) is 27.1. The molecule has 48 heavy (non-hydrogen) atoms. The van der Waals surface area contributed by atoms with Crippen LogP contribution in [0.5, 0.6) is 0 Å². The minimum absolute atomic E-state index is 0.660. The van der Waals surface area contributed by atoms with Gasteiger partial charge in [-0.25, -0.2) is 15.0 Å². The number of furan rings is 1. The summed E-state index contributed by atoms with van der Waals surface area (Å²) < 4.78 is 6.13. The monoisotopic (exact) mass is 631 g/mol. The lowest BCUT2D eigenvalue weighted by Crippen LogP contribution is -2.02. The van der Waals surface area contributed by atoms with E-state index < -0.39 is 0 Å². The van der Waals surface area contributed by atoms with E-state index in [1.807, 2.05) is 72.8 Å². The normalized spacial score (nSPS) is 12.1. The third kappa shape index (κ3) is 4.29. The van der Waals surface area contributed by atoms with Crippen molar-refractivity contribution in [2.45, 2.75) is 9.79 Å². The Morgan fingerprint density at radius 1 is 0.396 bits per heavy atom. The molecule has 0 aliphatic carbocycles. The molecule has 0 unspecified atom stereocenters. The van der Waals surface area contributed by atoms with Gasteiger partial charge in [0.2, 0.25) is 0 Å². The third-order valence-electron chi connectivity index (χ3n) is 9.15. The van der Waals surface area contributed by atoms with Gasteiger partial charge in [0.15, 0.2) is 17.5 Å². The zero-order chi connectivity index (χ0) is 31.6. The number of hydrogen-bond donors (Lipinski definition) is 0. The summed E-state index contributed by atoms with van der Waals surface area (Å²) in [7, 11) is 0. The average Bonchev–Trinajstić information content (AvgIpc) is 3.53. The van der Waals surface area contributed by atoms with E-state index in [9.17, 15) is 0 Å². The van der Waals surface area contributed by atoms with Gasteiger partial charge >= 0.3 is 0 Å². The molecular weight excluding hydrogens is 607 g/mol. The Balaban J connectivity index is 1.15. The predicted octanol–water partition coefficient (Wildman–Crippen LogP) is 11.7. The Hall–Kier alpha value is -6.04. The highest BCUT2D eigenvalue weighted by Crippen LogP contribution is 2.52. The van der Waals surface area contributed by atoms with Gasteiger partial charge in [0.1, 0.15) is 11.2 Å². The van der Waals surface area contributed by atoms with Gasteiger partial charge in [-0.3, -0.25) is 0 Å². The molecule has 0 fully saturated rings. The second-order valence-electron chi connectivity index (χ2n) is 12.0. The standard InChI is InChI=1S/C43H25N3OS/c1-3-11-26(12-4-1)41-44-42(27-13-5-2-6-14-27)46-43(45-41)34-19-10-18-33-32-17-9-16-31-29(22-24-38(39(31)32)48-40(33)34)28-21-23-37-35(25-28)30-15-7-8-20-36(30)47-37/h1-25H. The first-order chi connectivity index (χ1) is 23.8. The minimum atomic E-state index is 0.660. The smallest absolute Gasteiger partial charge is 0.165 e. The number of para-hydroxylation sites is 1. The maximum atomic E-state index is 6.13. The first-order valence-electron chi connectivity index (χ1n) is 15.9. The second kappa shape index (κ2) is 10.8. The van der Waals surface area contributed by atoms with E-state index in [4.69, 9.17) is 19.4 Å². The van der Waals surface area contributed by atoms with Crippen LogP contribution >= 0.6 is 11.8 Å². The predicted molar refractivity (Wildman–Crippen MR) is 196 cm³/mol. The molecule has 0 radical (unpaired) electrons. The minimum Gasteiger partial charge on any atom is -0.456 e. The lowest BCUT2D eigenvalue weighted by molar-refractivity contribution is 0.669. The Kier molecular flexibility index (Phi) is 6.08. The molecule has 0 N–H and O–H groups in total. The van der Waals surface area contributed by atoms with Gasteiger partial charge in [0.05, 0.1) is 0 Å². The average molecular weight is 632 g/mol. The molecule has 224 valence electrons. The Bertz CT molecular complexity index is 2640. The van der Waals surface area contributed by atoms with Crippen molar-refractivity contribution >= 4 is 44.5 Å². The fourth-order valence-corrected chi connectivity index (χ4v) is 8.14. The van der Waals surface area contributed by atoms with E-state index in [0.717, 1.165) is 43.5 Å². The molecule has 2 aromatic heterocycles. The largest absolute Gasteiger partial charge is 0.456 e. The Labute approximate surface area is 280 Å². The van der Waals surface area contributed by atoms with Crippen LogP contribution in [0.4, 0.5) is 0 Å². The van der Waals surface area contributed by atoms with E-state index in [1.54, 1.807) is 11.8 Å². The molecular formula is C43H25N3OS. The van der Waals surface area contributed by atoms with Gasteiger partial charge in [-0.1, -0.05) is 133 Å². The fraction of sp³-hybridized carbons (Fsp3) is 0. The van der Waals surface area contributed by atoms with E-state index in [0.29, 0.717) is 17.5 Å². The van der Waals surface area contributed by atoms with Crippen molar-refractivity contribution in [1.29, 1.82) is 0 Å². The maximum absolute atomic E-state index is 6.13. The van der Waals surface area contributed by atoms with Crippen molar-refractivity contribution < 1.29 is 4.42 Å². The van der Waals surface area contributed by atoms with Crippen molar-refractivity contribution in [2.75, 3.05) is 0 Å². The van der Waals surface area contributed by atoms with Crippen LogP contribution in [0, 0.1) is 0 Å². The third-order valence-corrected chi connectivity index (χ3v) is 10.4. The molecule has 10 rings (SSSR count). The van der Waals surface area contributed by atoms with Crippen LogP contribution in [0.1, 0.15) is 0 Å². The van der Waals surface area contributed by atoms with Crippen LogP contribution in [0.3, 0.4) is 0 Å². The maximum Gasteiger partial charge on any atom is 0.165 e. The number of nitrogens with zero attached hydrogens (tertiary/aromatic N) is 3. The molecule has 3 heterocycles. The number of aromatic nitrogens is 3. The second-order valence-corrected chi connectivity index (χ2v) is 13.0. The van der Waals surface area contributed by atoms with Crippen molar-refractivity contribution in [2.24, 2.45) is 0 Å². The quantitative estimate of drug-likeness (QED) is 0.193. The van der Waals surface area contributed by atoms with E-state index in [1.165, 1.54) is 37.9 Å². The van der Waals surface area contributed by atoms with Crippen LogP contribution in [-0.4, -0.2) is 15.0 Å². The molecule has 0 bridgehead atoms. The fourth-order valence-electron chi connectivity index (χ4n) is 6.90. The molecule has 0 saturated heterocycles. The molecule has 1 aliphatic heterocycles. The first-order valence-corrected chi connectivity index (χ1v) is 16.8. The summed E-state index contributed by atoms with van der Waals surface area (Å²) in [5, 5.41) is 4.78. The van der Waals surface area contributed by atoms with E-state index in [-0.39, 0.29) is 0 Å². The van der Waals surface area contributed by atoms with E-state index in [2.05, 4.69) is 78.9 Å². The van der Waals surface area contributed by atoms with E-state index >= 15 is 0 Å². The van der Waals surface area contributed by atoms with Gasteiger partial charge in [0.25, 0.3) is 0 Å². The van der Waals surface area contributed by atoms with Crippen molar-refractivity contribution in [3.8, 4) is 56.4 Å². The van der Waals surface area contributed by atoms with Crippen molar-refractivity contribution in [3.05, 3.63) is 152 Å². The molecule has 7 aromatic carbocycles. The van der Waals surface area contributed by atoms with Crippen LogP contribution in [-0.2, 0) is 0 Å². The molecule has 4 nitrogen and oxygen atoms in total. The molecule has 1 aliphatic rings. The Morgan fingerprint density at radius 2 is 1.02 bits per heavy atom. The number of fused-ring (bicyclic) bond motifs is 5. The highest BCUT2D eigenvalue weighted by Gasteiger charge is 2.25. The topological polar surface area (TPSA) is 51.8 Å².